The van der Waals surface area contributed by atoms with Gasteiger partial charge in [-0.05, 0) is 43.2 Å². The average Bonchev–Trinajstić information content (AvgIpc) is 3.12. The van der Waals surface area contributed by atoms with E-state index in [4.69, 9.17) is 0 Å². The minimum absolute atomic E-state index is 0.498. The van der Waals surface area contributed by atoms with Crippen molar-refractivity contribution in [3.8, 4) is 0 Å². The normalized spacial score (nSPS) is 22.1. The van der Waals surface area contributed by atoms with Crippen LogP contribution in [0, 0.1) is 0 Å². The highest BCUT2D eigenvalue weighted by Crippen LogP contribution is 2.42. The zero-order valence-electron chi connectivity index (χ0n) is 16.4. The van der Waals surface area contributed by atoms with Crippen molar-refractivity contribution < 1.29 is 21.8 Å². The summed E-state index contributed by atoms with van der Waals surface area (Å²) in [5.74, 6) is 0. The van der Waals surface area contributed by atoms with E-state index >= 15 is 0 Å². The molecule has 4 rings (SSSR count). The second kappa shape index (κ2) is 9.94. The molecule has 0 aliphatic carbocycles. The summed E-state index contributed by atoms with van der Waals surface area (Å²) in [5.41, 5.74) is 2.90. The maximum absolute atomic E-state index is 9.75. The summed E-state index contributed by atoms with van der Waals surface area (Å²) in [7, 11) is -6.00. The molecule has 2 aromatic carbocycles. The Balaban J connectivity index is 0.000000431. The fraction of sp³-hybridized carbons (Fsp3) is 0.409. The maximum atomic E-state index is 9.75. The molecule has 0 spiro atoms. The molecule has 2 saturated heterocycles. The Kier molecular flexibility index (Phi) is 7.34. The van der Waals surface area contributed by atoms with Crippen molar-refractivity contribution in [3.63, 3.8) is 0 Å². The average molecular weight is 406 g/mol. The van der Waals surface area contributed by atoms with E-state index in [1.807, 2.05) is 0 Å². The molecule has 0 bridgehead atoms. The van der Waals surface area contributed by atoms with Crippen LogP contribution in [0.2, 0.25) is 0 Å². The van der Waals surface area contributed by atoms with Gasteiger partial charge in [-0.3, -0.25) is 9.48 Å². The van der Waals surface area contributed by atoms with Crippen LogP contribution in [-0.4, -0.2) is 36.2 Å². The van der Waals surface area contributed by atoms with E-state index in [2.05, 4.69) is 76.5 Å². The smallest absolute Gasteiger partial charge is 0.418 e. The van der Waals surface area contributed by atoms with Gasteiger partial charge in [0.1, 0.15) is 12.1 Å². The first-order chi connectivity index (χ1) is 13.9. The van der Waals surface area contributed by atoms with E-state index in [-0.39, 0.29) is 0 Å². The van der Waals surface area contributed by atoms with Gasteiger partial charge in [0, 0.05) is 0 Å². The van der Waals surface area contributed by atoms with Gasteiger partial charge in [-0.25, -0.2) is 0 Å². The summed E-state index contributed by atoms with van der Waals surface area (Å²) in [5, 5.41) is 0. The zero-order valence-corrected chi connectivity index (χ0v) is 16.4. The summed E-state index contributed by atoms with van der Waals surface area (Å²) < 4.78 is 41.5. The standard InChI is InChI=1S/C22H27N2.BF4/c1-4-10-19(11-5-1)21-14-15-22(20-12-6-2-7-13-20)24(21)18-23-16-8-3-9-17-23;2-1(3,4)5/h1-2,4-7,10-13,18,21-22H,3,8-9,14-17H2;/q+1;-1. The minimum atomic E-state index is -6.00. The molecule has 156 valence electrons. The number of benzene rings is 2. The van der Waals surface area contributed by atoms with Gasteiger partial charge in [-0.1, -0.05) is 60.7 Å². The highest BCUT2D eigenvalue weighted by atomic mass is 19.5. The van der Waals surface area contributed by atoms with Crippen LogP contribution in [0.5, 0.6) is 0 Å². The fourth-order valence-electron chi connectivity index (χ4n) is 4.24. The van der Waals surface area contributed by atoms with Gasteiger partial charge >= 0.3 is 7.25 Å². The molecule has 2 aromatic rings. The van der Waals surface area contributed by atoms with E-state index in [9.17, 15) is 17.3 Å². The lowest BCUT2D eigenvalue weighted by molar-refractivity contribution is -0.537. The summed E-state index contributed by atoms with van der Waals surface area (Å²) in [6.45, 7) is 2.42. The van der Waals surface area contributed by atoms with Crippen molar-refractivity contribution in [1.82, 2.24) is 4.90 Å². The molecule has 0 N–H and O–H groups in total. The minimum Gasteiger partial charge on any atom is -0.418 e. The SMILES string of the molecule is C(N1C(c2ccccc2)CCC1c1ccccc1)=[N+]1CCCCC1.F[B-](F)(F)F. The lowest BCUT2D eigenvalue weighted by Crippen LogP contribution is -2.32. The van der Waals surface area contributed by atoms with Crippen molar-refractivity contribution in [2.24, 2.45) is 0 Å². The van der Waals surface area contributed by atoms with Crippen LogP contribution in [0.25, 0.3) is 0 Å². The molecule has 2 aliphatic heterocycles. The molecule has 2 fully saturated rings. The number of halogens is 4. The van der Waals surface area contributed by atoms with Gasteiger partial charge in [0.05, 0.1) is 13.1 Å². The molecular weight excluding hydrogens is 379 g/mol. The van der Waals surface area contributed by atoms with E-state index < -0.39 is 7.25 Å². The lowest BCUT2D eigenvalue weighted by Gasteiger charge is -2.25. The summed E-state index contributed by atoms with van der Waals surface area (Å²) in [6.07, 6.45) is 8.95. The molecule has 0 aromatic heterocycles. The first-order valence-corrected chi connectivity index (χ1v) is 10.3. The molecule has 0 radical (unpaired) electrons. The Morgan fingerprint density at radius 2 is 1.14 bits per heavy atom. The first kappa shape index (κ1) is 21.4. The highest BCUT2D eigenvalue weighted by Gasteiger charge is 2.39. The molecule has 2 atom stereocenters. The third-order valence-corrected chi connectivity index (χ3v) is 5.49. The van der Waals surface area contributed by atoms with E-state index in [1.165, 1.54) is 56.3 Å². The second-order valence-electron chi connectivity index (χ2n) is 7.58. The van der Waals surface area contributed by atoms with Crippen LogP contribution in [0.1, 0.15) is 55.3 Å². The molecule has 2 heterocycles. The number of nitrogens with zero attached hydrogens (tertiary/aromatic N) is 2. The second-order valence-corrected chi connectivity index (χ2v) is 7.58. The van der Waals surface area contributed by atoms with Crippen LogP contribution < -0.4 is 0 Å². The van der Waals surface area contributed by atoms with Gasteiger partial charge in [0.2, 0.25) is 6.34 Å². The summed E-state index contributed by atoms with van der Waals surface area (Å²) in [4.78, 5) is 2.63. The van der Waals surface area contributed by atoms with Crippen LogP contribution in [0.15, 0.2) is 60.7 Å². The predicted octanol–water partition coefficient (Wildman–Crippen LogP) is 6.09. The van der Waals surface area contributed by atoms with E-state index in [0.717, 1.165) is 0 Å². The zero-order chi connectivity index (χ0) is 20.7. The number of hydrogen-bond acceptors (Lipinski definition) is 0. The van der Waals surface area contributed by atoms with Gasteiger partial charge < -0.3 is 17.3 Å². The van der Waals surface area contributed by atoms with Crippen LogP contribution >= 0.6 is 0 Å². The largest absolute Gasteiger partial charge is 0.673 e. The highest BCUT2D eigenvalue weighted by molar-refractivity contribution is 6.50. The molecule has 2 nitrogen and oxygen atoms in total. The predicted molar refractivity (Wildman–Crippen MR) is 110 cm³/mol. The molecule has 2 unspecified atom stereocenters. The van der Waals surface area contributed by atoms with Crippen LogP contribution in [0.3, 0.4) is 0 Å². The molecule has 0 amide bonds. The molecule has 0 saturated carbocycles. The Morgan fingerprint density at radius 1 is 0.724 bits per heavy atom. The topological polar surface area (TPSA) is 6.25 Å². The third kappa shape index (κ3) is 6.62. The Labute approximate surface area is 170 Å². The van der Waals surface area contributed by atoms with Crippen molar-refractivity contribution in [2.75, 3.05) is 13.1 Å². The number of rotatable bonds is 3. The van der Waals surface area contributed by atoms with Crippen LogP contribution in [-0.2, 0) is 0 Å². The lowest BCUT2D eigenvalue weighted by atomic mass is 10.0. The Bertz CT molecular complexity index is 719. The fourth-order valence-corrected chi connectivity index (χ4v) is 4.24. The monoisotopic (exact) mass is 406 g/mol. The Hall–Kier alpha value is -2.31. The Morgan fingerprint density at radius 3 is 1.55 bits per heavy atom. The van der Waals surface area contributed by atoms with Gasteiger partial charge in [0.25, 0.3) is 0 Å². The number of piperidine rings is 1. The third-order valence-electron chi connectivity index (χ3n) is 5.49. The maximum Gasteiger partial charge on any atom is 0.673 e. The van der Waals surface area contributed by atoms with Crippen molar-refractivity contribution in [2.45, 2.75) is 44.2 Å². The summed E-state index contributed by atoms with van der Waals surface area (Å²) in [6, 6.07) is 23.1. The first-order valence-electron chi connectivity index (χ1n) is 10.3. The molecule has 29 heavy (non-hydrogen) atoms. The number of likely N-dealkylation sites (tertiary alicyclic amines) is 1. The van der Waals surface area contributed by atoms with Crippen molar-refractivity contribution >= 4 is 13.6 Å². The van der Waals surface area contributed by atoms with Crippen molar-refractivity contribution in [3.05, 3.63) is 71.8 Å². The molecule has 2 aliphatic rings. The molecule has 7 heteroatoms. The van der Waals surface area contributed by atoms with Crippen molar-refractivity contribution in [1.29, 1.82) is 0 Å². The molecular formula is C22H27BF4N2. The quantitative estimate of drug-likeness (QED) is 0.259. The van der Waals surface area contributed by atoms with Gasteiger partial charge in [0.15, 0.2) is 0 Å². The van der Waals surface area contributed by atoms with E-state index in [1.54, 1.807) is 0 Å². The van der Waals surface area contributed by atoms with E-state index in [0.29, 0.717) is 12.1 Å². The van der Waals surface area contributed by atoms with Gasteiger partial charge in [-0.2, -0.15) is 0 Å². The summed E-state index contributed by atoms with van der Waals surface area (Å²) >= 11 is 0. The van der Waals surface area contributed by atoms with Gasteiger partial charge in [-0.15, -0.1) is 0 Å². The number of hydrogen-bond donors (Lipinski definition) is 0. The van der Waals surface area contributed by atoms with Crippen LogP contribution in [0.4, 0.5) is 17.3 Å².